The van der Waals surface area contributed by atoms with Crippen LogP contribution in [0.25, 0.3) is 0 Å². The van der Waals surface area contributed by atoms with Crippen molar-refractivity contribution >= 4 is 45.9 Å². The van der Waals surface area contributed by atoms with Crippen LogP contribution in [0.15, 0.2) is 33.7 Å². The van der Waals surface area contributed by atoms with Crippen LogP contribution in [0, 0.1) is 5.92 Å². The molecule has 140 valence electrons. The second-order valence-corrected chi connectivity index (χ2v) is 8.07. The largest absolute Gasteiger partial charge is 0.381 e. The maximum atomic E-state index is 5.49. The fourth-order valence-corrected chi connectivity index (χ4v) is 4.07. The predicted octanol–water partition coefficient (Wildman–Crippen LogP) is 4.03. The molecule has 1 unspecified atom stereocenters. The first-order chi connectivity index (χ1) is 11.6. The summed E-state index contributed by atoms with van der Waals surface area (Å²) in [4.78, 5) is 6.73. The number of guanidine groups is 1. The van der Waals surface area contributed by atoms with E-state index in [2.05, 4.69) is 62.5 Å². The second kappa shape index (κ2) is 9.55. The fourth-order valence-electron chi connectivity index (χ4n) is 3.81. The van der Waals surface area contributed by atoms with Crippen LogP contribution in [0.1, 0.15) is 31.2 Å². The molecule has 0 amide bonds. The molecule has 0 bridgehead atoms. The fraction of sp³-hybridized carbons (Fsp3) is 0.632. The van der Waals surface area contributed by atoms with E-state index in [1.807, 2.05) is 7.05 Å². The predicted molar refractivity (Wildman–Crippen MR) is 118 cm³/mol. The third-order valence-corrected chi connectivity index (χ3v) is 6.01. The normalized spacial score (nSPS) is 22.0. The third-order valence-electron chi connectivity index (χ3n) is 5.48. The maximum Gasteiger partial charge on any atom is 0.193 e. The van der Waals surface area contributed by atoms with Crippen LogP contribution in [0.2, 0.25) is 0 Å². The lowest BCUT2D eigenvalue weighted by molar-refractivity contribution is 0.181. The zero-order valence-electron chi connectivity index (χ0n) is 15.1. The first-order valence-electron chi connectivity index (χ1n) is 8.88. The lowest BCUT2D eigenvalue weighted by Crippen LogP contribution is -2.50. The first kappa shape index (κ1) is 21.0. The van der Waals surface area contributed by atoms with Crippen molar-refractivity contribution in [3.05, 3.63) is 34.3 Å². The minimum atomic E-state index is 0. The number of hydrogen-bond donors (Lipinski definition) is 1. The lowest BCUT2D eigenvalue weighted by Gasteiger charge is -2.43. The van der Waals surface area contributed by atoms with E-state index in [1.54, 1.807) is 0 Å². The van der Waals surface area contributed by atoms with Crippen LogP contribution in [0.3, 0.4) is 0 Å². The van der Waals surface area contributed by atoms with E-state index in [0.717, 1.165) is 43.2 Å². The number of halogens is 2. The summed E-state index contributed by atoms with van der Waals surface area (Å²) in [5.41, 5.74) is 1.69. The minimum Gasteiger partial charge on any atom is -0.381 e. The van der Waals surface area contributed by atoms with Gasteiger partial charge in [-0.1, -0.05) is 34.5 Å². The molecule has 1 aromatic carbocycles. The summed E-state index contributed by atoms with van der Waals surface area (Å²) in [5.74, 6) is 1.61. The topological polar surface area (TPSA) is 36.9 Å². The van der Waals surface area contributed by atoms with Gasteiger partial charge >= 0.3 is 0 Å². The summed E-state index contributed by atoms with van der Waals surface area (Å²) in [6.45, 7) is 3.74. The number of rotatable bonds is 5. The number of benzene rings is 1. The Morgan fingerprint density at radius 1 is 1.36 bits per heavy atom. The molecule has 1 aliphatic carbocycles. The molecule has 1 N–H and O–H groups in total. The molecule has 2 fully saturated rings. The Bertz CT molecular complexity index is 569. The maximum absolute atomic E-state index is 5.49. The van der Waals surface area contributed by atoms with Crippen molar-refractivity contribution in [3.63, 3.8) is 0 Å². The zero-order chi connectivity index (χ0) is 17.0. The van der Waals surface area contributed by atoms with Gasteiger partial charge in [-0.05, 0) is 37.0 Å². The van der Waals surface area contributed by atoms with E-state index in [-0.39, 0.29) is 29.4 Å². The van der Waals surface area contributed by atoms with Gasteiger partial charge in [-0.3, -0.25) is 4.99 Å². The molecule has 4 nitrogen and oxygen atoms in total. The van der Waals surface area contributed by atoms with Gasteiger partial charge in [0, 0.05) is 49.6 Å². The highest BCUT2D eigenvalue weighted by atomic mass is 127. The molecule has 6 heteroatoms. The van der Waals surface area contributed by atoms with Gasteiger partial charge < -0.3 is 15.0 Å². The van der Waals surface area contributed by atoms with E-state index in [4.69, 9.17) is 4.74 Å². The minimum absolute atomic E-state index is 0. The third kappa shape index (κ3) is 5.10. The molecule has 1 atom stereocenters. The Morgan fingerprint density at radius 3 is 2.60 bits per heavy atom. The highest BCUT2D eigenvalue weighted by Crippen LogP contribution is 2.43. The van der Waals surface area contributed by atoms with Gasteiger partial charge in [0.05, 0.1) is 6.61 Å². The standard InChI is InChI=1S/C19H28BrN3O.HI/c1-21-18(23(2)12-15-8-11-24-13-15)22-14-19(9-3-10-19)16-4-6-17(20)7-5-16;/h4-7,15H,3,8-14H2,1-2H3,(H,21,22);1H. The Labute approximate surface area is 176 Å². The van der Waals surface area contributed by atoms with Crippen molar-refractivity contribution in [2.75, 3.05) is 40.4 Å². The Hall–Kier alpha value is -0.340. The zero-order valence-corrected chi connectivity index (χ0v) is 19.0. The van der Waals surface area contributed by atoms with Gasteiger partial charge in [0.25, 0.3) is 0 Å². The van der Waals surface area contributed by atoms with Gasteiger partial charge in [0.15, 0.2) is 5.96 Å². The summed E-state index contributed by atoms with van der Waals surface area (Å²) in [5, 5.41) is 3.62. The first-order valence-corrected chi connectivity index (χ1v) is 9.68. The van der Waals surface area contributed by atoms with Crippen LogP contribution in [-0.2, 0) is 10.2 Å². The lowest BCUT2D eigenvalue weighted by atomic mass is 9.64. The average molecular weight is 522 g/mol. The molecule has 1 heterocycles. The second-order valence-electron chi connectivity index (χ2n) is 7.15. The monoisotopic (exact) mass is 521 g/mol. The molecule has 1 aliphatic heterocycles. The van der Waals surface area contributed by atoms with Crippen LogP contribution < -0.4 is 5.32 Å². The number of hydrogen-bond acceptors (Lipinski definition) is 2. The molecule has 2 aliphatic rings. The summed E-state index contributed by atoms with van der Waals surface area (Å²) < 4.78 is 6.63. The Kier molecular flexibility index (Phi) is 8.01. The number of aliphatic imine (C=N–C) groups is 1. The summed E-state index contributed by atoms with van der Waals surface area (Å²) in [6.07, 6.45) is 4.97. The van der Waals surface area contributed by atoms with Crippen molar-refractivity contribution in [2.24, 2.45) is 10.9 Å². The Morgan fingerprint density at radius 2 is 2.08 bits per heavy atom. The summed E-state index contributed by atoms with van der Waals surface area (Å²) in [6, 6.07) is 8.81. The number of ether oxygens (including phenoxy) is 1. The highest BCUT2D eigenvalue weighted by molar-refractivity contribution is 14.0. The van der Waals surface area contributed by atoms with Crippen molar-refractivity contribution < 1.29 is 4.74 Å². The summed E-state index contributed by atoms with van der Waals surface area (Å²) in [7, 11) is 4.00. The number of nitrogens with zero attached hydrogens (tertiary/aromatic N) is 2. The van der Waals surface area contributed by atoms with Gasteiger partial charge in [-0.25, -0.2) is 0 Å². The molecule has 0 spiro atoms. The van der Waals surface area contributed by atoms with E-state index in [1.165, 1.54) is 24.8 Å². The van der Waals surface area contributed by atoms with Gasteiger partial charge in [0.1, 0.15) is 0 Å². The van der Waals surface area contributed by atoms with Crippen molar-refractivity contribution in [1.82, 2.24) is 10.2 Å². The van der Waals surface area contributed by atoms with E-state index in [9.17, 15) is 0 Å². The molecule has 0 aromatic heterocycles. The molecular weight excluding hydrogens is 493 g/mol. The molecule has 25 heavy (non-hydrogen) atoms. The smallest absolute Gasteiger partial charge is 0.193 e. The molecular formula is C19H29BrIN3O. The van der Waals surface area contributed by atoms with E-state index >= 15 is 0 Å². The van der Waals surface area contributed by atoms with Crippen LogP contribution >= 0.6 is 39.9 Å². The van der Waals surface area contributed by atoms with Crippen molar-refractivity contribution in [3.8, 4) is 0 Å². The van der Waals surface area contributed by atoms with Crippen LogP contribution in [-0.4, -0.2) is 51.3 Å². The van der Waals surface area contributed by atoms with Gasteiger partial charge in [-0.15, -0.1) is 24.0 Å². The quantitative estimate of drug-likeness (QED) is 0.361. The molecule has 3 rings (SSSR count). The average Bonchev–Trinajstić information content (AvgIpc) is 3.04. The Balaban J connectivity index is 0.00000225. The highest BCUT2D eigenvalue weighted by Gasteiger charge is 2.38. The SMILES string of the molecule is CN=C(NCC1(c2ccc(Br)cc2)CCC1)N(C)CC1CCOC1.I. The van der Waals surface area contributed by atoms with Gasteiger partial charge in [-0.2, -0.15) is 0 Å². The molecule has 1 aromatic rings. The van der Waals surface area contributed by atoms with Crippen molar-refractivity contribution in [2.45, 2.75) is 31.1 Å². The van der Waals surface area contributed by atoms with E-state index in [0.29, 0.717) is 5.92 Å². The van der Waals surface area contributed by atoms with Crippen LogP contribution in [0.4, 0.5) is 0 Å². The van der Waals surface area contributed by atoms with Crippen LogP contribution in [0.5, 0.6) is 0 Å². The number of nitrogens with one attached hydrogen (secondary N) is 1. The van der Waals surface area contributed by atoms with E-state index < -0.39 is 0 Å². The molecule has 1 saturated carbocycles. The molecule has 1 saturated heterocycles. The molecule has 0 radical (unpaired) electrons. The summed E-state index contributed by atoms with van der Waals surface area (Å²) >= 11 is 3.53. The van der Waals surface area contributed by atoms with Gasteiger partial charge in [0.2, 0.25) is 0 Å². The van der Waals surface area contributed by atoms with Crippen molar-refractivity contribution in [1.29, 1.82) is 0 Å².